The number of nitrogens with one attached hydrogen (secondary N) is 1. The highest BCUT2D eigenvalue weighted by molar-refractivity contribution is 5.97. The van der Waals surface area contributed by atoms with Gasteiger partial charge in [0.05, 0.1) is 17.2 Å². The predicted octanol–water partition coefficient (Wildman–Crippen LogP) is 2.94. The van der Waals surface area contributed by atoms with Crippen molar-refractivity contribution in [2.24, 2.45) is 11.8 Å². The summed E-state index contributed by atoms with van der Waals surface area (Å²) in [6, 6.07) is 5.58. The van der Waals surface area contributed by atoms with Crippen molar-refractivity contribution in [2.75, 3.05) is 44.2 Å². The van der Waals surface area contributed by atoms with Gasteiger partial charge in [0.2, 0.25) is 0 Å². The fourth-order valence-electron chi connectivity index (χ4n) is 3.63. The molecule has 2 aliphatic rings. The standard InChI is InChI=1S/C22H31N5O/c1-3-16(2)13-24-22(28)18-6-7-19-20(12-18)25-21(14-23-19)27-10-8-26(9-11-27)15-17-4-5-17/h6-7,12,14,16-17H,3-5,8-11,13,15H2,1-2H3,(H,24,28)/t16-/m1/s1. The second-order valence-corrected chi connectivity index (χ2v) is 8.39. The zero-order chi connectivity index (χ0) is 19.5. The quantitative estimate of drug-likeness (QED) is 0.799. The van der Waals surface area contributed by atoms with E-state index in [4.69, 9.17) is 4.98 Å². The summed E-state index contributed by atoms with van der Waals surface area (Å²) >= 11 is 0. The molecule has 1 saturated heterocycles. The van der Waals surface area contributed by atoms with E-state index in [-0.39, 0.29) is 5.91 Å². The van der Waals surface area contributed by atoms with Crippen LogP contribution in [-0.4, -0.2) is 60.0 Å². The Bertz CT molecular complexity index is 827. The van der Waals surface area contributed by atoms with E-state index in [1.54, 1.807) is 0 Å². The first-order chi connectivity index (χ1) is 13.6. The van der Waals surface area contributed by atoms with Crippen molar-refractivity contribution in [3.63, 3.8) is 0 Å². The Morgan fingerprint density at radius 1 is 1.21 bits per heavy atom. The fraction of sp³-hybridized carbons (Fsp3) is 0.591. The molecule has 1 amide bonds. The summed E-state index contributed by atoms with van der Waals surface area (Å²) in [5, 5.41) is 3.01. The van der Waals surface area contributed by atoms with Crippen molar-refractivity contribution in [3.05, 3.63) is 30.0 Å². The molecule has 0 spiro atoms. The zero-order valence-corrected chi connectivity index (χ0v) is 17.0. The molecule has 1 aromatic carbocycles. The molecule has 150 valence electrons. The molecule has 4 rings (SSSR count). The molecule has 6 nitrogen and oxygen atoms in total. The molecule has 1 N–H and O–H groups in total. The zero-order valence-electron chi connectivity index (χ0n) is 17.0. The molecule has 2 heterocycles. The molecule has 28 heavy (non-hydrogen) atoms. The number of nitrogens with zero attached hydrogens (tertiary/aromatic N) is 4. The van der Waals surface area contributed by atoms with Crippen molar-refractivity contribution in [1.29, 1.82) is 0 Å². The van der Waals surface area contributed by atoms with E-state index >= 15 is 0 Å². The Hall–Kier alpha value is -2.21. The van der Waals surface area contributed by atoms with E-state index in [9.17, 15) is 4.79 Å². The highest BCUT2D eigenvalue weighted by Gasteiger charge is 2.26. The summed E-state index contributed by atoms with van der Waals surface area (Å²) in [6.45, 7) is 10.4. The number of piperazine rings is 1. The van der Waals surface area contributed by atoms with Gasteiger partial charge in [-0.3, -0.25) is 14.7 Å². The molecule has 1 aliphatic heterocycles. The maximum absolute atomic E-state index is 12.4. The van der Waals surface area contributed by atoms with Gasteiger partial charge in [-0.15, -0.1) is 0 Å². The third-order valence-electron chi connectivity index (χ3n) is 6.01. The van der Waals surface area contributed by atoms with Gasteiger partial charge in [-0.1, -0.05) is 20.3 Å². The monoisotopic (exact) mass is 381 g/mol. The minimum atomic E-state index is -0.0388. The van der Waals surface area contributed by atoms with E-state index in [2.05, 4.69) is 33.9 Å². The van der Waals surface area contributed by atoms with Gasteiger partial charge >= 0.3 is 0 Å². The van der Waals surface area contributed by atoms with Crippen LogP contribution in [0.3, 0.4) is 0 Å². The lowest BCUT2D eigenvalue weighted by Gasteiger charge is -2.35. The molecular formula is C22H31N5O. The van der Waals surface area contributed by atoms with Crippen LogP contribution < -0.4 is 10.2 Å². The number of amides is 1. The van der Waals surface area contributed by atoms with Crippen molar-refractivity contribution >= 4 is 22.8 Å². The maximum Gasteiger partial charge on any atom is 0.251 e. The predicted molar refractivity (Wildman–Crippen MR) is 113 cm³/mol. The van der Waals surface area contributed by atoms with Crippen LogP contribution in [0.4, 0.5) is 5.82 Å². The van der Waals surface area contributed by atoms with Crippen molar-refractivity contribution < 1.29 is 4.79 Å². The highest BCUT2D eigenvalue weighted by atomic mass is 16.1. The summed E-state index contributed by atoms with van der Waals surface area (Å²) in [7, 11) is 0. The third-order valence-corrected chi connectivity index (χ3v) is 6.01. The van der Waals surface area contributed by atoms with Gasteiger partial charge in [0, 0.05) is 44.8 Å². The molecule has 0 radical (unpaired) electrons. The number of hydrogen-bond donors (Lipinski definition) is 1. The van der Waals surface area contributed by atoms with Gasteiger partial charge in [0.1, 0.15) is 5.82 Å². The topological polar surface area (TPSA) is 61.4 Å². The molecule has 2 fully saturated rings. The number of rotatable bonds is 7. The van der Waals surface area contributed by atoms with Crippen molar-refractivity contribution in [2.45, 2.75) is 33.1 Å². The van der Waals surface area contributed by atoms with Gasteiger partial charge in [-0.2, -0.15) is 0 Å². The molecule has 2 aromatic rings. The molecule has 1 aromatic heterocycles. The molecule has 0 bridgehead atoms. The third kappa shape index (κ3) is 4.61. The SMILES string of the molecule is CC[C@@H](C)CNC(=O)c1ccc2ncc(N3CCN(CC4CC4)CC3)nc2c1. The molecule has 6 heteroatoms. The molecule has 1 atom stereocenters. The first-order valence-electron chi connectivity index (χ1n) is 10.6. The highest BCUT2D eigenvalue weighted by Crippen LogP contribution is 2.30. The fourth-order valence-corrected chi connectivity index (χ4v) is 3.63. The number of fused-ring (bicyclic) bond motifs is 1. The molecular weight excluding hydrogens is 350 g/mol. The van der Waals surface area contributed by atoms with Crippen LogP contribution in [0, 0.1) is 11.8 Å². The second kappa shape index (κ2) is 8.43. The van der Waals surface area contributed by atoms with E-state index in [0.717, 1.165) is 55.4 Å². The van der Waals surface area contributed by atoms with Crippen LogP contribution in [0.25, 0.3) is 11.0 Å². The van der Waals surface area contributed by atoms with Crippen LogP contribution in [0.1, 0.15) is 43.5 Å². The van der Waals surface area contributed by atoms with Crippen LogP contribution >= 0.6 is 0 Å². The van der Waals surface area contributed by atoms with E-state index in [1.807, 2.05) is 24.4 Å². The van der Waals surface area contributed by atoms with Gasteiger partial charge in [-0.25, -0.2) is 4.98 Å². The van der Waals surface area contributed by atoms with Gasteiger partial charge in [0.15, 0.2) is 0 Å². The van der Waals surface area contributed by atoms with E-state index in [0.29, 0.717) is 18.0 Å². The molecule has 1 aliphatic carbocycles. The maximum atomic E-state index is 12.4. The minimum absolute atomic E-state index is 0.0388. The average molecular weight is 382 g/mol. The van der Waals surface area contributed by atoms with E-state index < -0.39 is 0 Å². The lowest BCUT2D eigenvalue weighted by molar-refractivity contribution is 0.0948. The van der Waals surface area contributed by atoms with Crippen molar-refractivity contribution in [1.82, 2.24) is 20.2 Å². The first kappa shape index (κ1) is 19.1. The second-order valence-electron chi connectivity index (χ2n) is 8.39. The lowest BCUT2D eigenvalue weighted by atomic mass is 10.1. The summed E-state index contributed by atoms with van der Waals surface area (Å²) in [4.78, 5) is 26.7. The normalized spacial score (nSPS) is 19.0. The van der Waals surface area contributed by atoms with Crippen molar-refractivity contribution in [3.8, 4) is 0 Å². The van der Waals surface area contributed by atoms with Crippen LogP contribution in [0.5, 0.6) is 0 Å². The lowest BCUT2D eigenvalue weighted by Crippen LogP contribution is -2.47. The average Bonchev–Trinajstić information content (AvgIpc) is 3.55. The Kier molecular flexibility index (Phi) is 5.76. The van der Waals surface area contributed by atoms with Crippen LogP contribution in [0.2, 0.25) is 0 Å². The van der Waals surface area contributed by atoms with Crippen LogP contribution in [-0.2, 0) is 0 Å². The smallest absolute Gasteiger partial charge is 0.251 e. The first-order valence-corrected chi connectivity index (χ1v) is 10.6. The summed E-state index contributed by atoms with van der Waals surface area (Å²) in [5.74, 6) is 2.30. The van der Waals surface area contributed by atoms with Gasteiger partial charge in [0.25, 0.3) is 5.91 Å². The number of carbonyl (C=O) groups is 1. The molecule has 0 unspecified atom stereocenters. The number of hydrogen-bond acceptors (Lipinski definition) is 5. The largest absolute Gasteiger partial charge is 0.353 e. The number of carbonyl (C=O) groups excluding carboxylic acids is 1. The van der Waals surface area contributed by atoms with Gasteiger partial charge < -0.3 is 10.2 Å². The van der Waals surface area contributed by atoms with Crippen LogP contribution in [0.15, 0.2) is 24.4 Å². The number of benzene rings is 1. The summed E-state index contributed by atoms with van der Waals surface area (Å²) < 4.78 is 0. The molecule has 1 saturated carbocycles. The number of aromatic nitrogens is 2. The van der Waals surface area contributed by atoms with E-state index in [1.165, 1.54) is 19.4 Å². The summed E-state index contributed by atoms with van der Waals surface area (Å²) in [5.41, 5.74) is 2.26. The Balaban J connectivity index is 1.43. The Morgan fingerprint density at radius 3 is 2.71 bits per heavy atom. The van der Waals surface area contributed by atoms with Gasteiger partial charge in [-0.05, 0) is 42.9 Å². The minimum Gasteiger partial charge on any atom is -0.353 e. The number of anilines is 1. The Labute approximate surface area is 167 Å². The Morgan fingerprint density at radius 2 is 2.00 bits per heavy atom. The summed E-state index contributed by atoms with van der Waals surface area (Å²) in [6.07, 6.45) is 5.73.